The van der Waals surface area contributed by atoms with Crippen molar-refractivity contribution < 1.29 is 33.6 Å². The number of ether oxygens (including phenoxy) is 5. The fraction of sp³-hybridized carbons (Fsp3) is 0.297. The van der Waals surface area contributed by atoms with Crippen LogP contribution in [0.3, 0.4) is 0 Å². The minimum atomic E-state index is -1.52. The van der Waals surface area contributed by atoms with Gasteiger partial charge in [0.25, 0.3) is 5.91 Å². The number of aliphatic hydroxyl groups is 1. The van der Waals surface area contributed by atoms with Crippen LogP contribution in [0.25, 0.3) is 10.4 Å². The highest BCUT2D eigenvalue weighted by molar-refractivity contribution is 9.10. The van der Waals surface area contributed by atoms with Crippen molar-refractivity contribution in [2.45, 2.75) is 37.6 Å². The number of carbonyl (C=O) groups excluding carboxylic acids is 1. The molecule has 2 N–H and O–H groups in total. The van der Waals surface area contributed by atoms with Gasteiger partial charge < -0.3 is 34.1 Å². The Morgan fingerprint density at radius 1 is 0.980 bits per heavy atom. The van der Waals surface area contributed by atoms with Gasteiger partial charge in [-0.3, -0.25) is 4.79 Å². The largest absolute Gasteiger partial charge is 0.496 e. The van der Waals surface area contributed by atoms with Gasteiger partial charge in [0.2, 0.25) is 5.90 Å². The summed E-state index contributed by atoms with van der Waals surface area (Å²) < 4.78 is 30.0. The molecule has 13 heteroatoms. The number of benzene rings is 4. The lowest BCUT2D eigenvalue weighted by Gasteiger charge is -2.31. The molecular weight excluding hydrogens is 706 g/mol. The first kappa shape index (κ1) is 36.1. The van der Waals surface area contributed by atoms with Crippen LogP contribution in [-0.2, 0) is 29.0 Å². The number of rotatable bonds is 16. The van der Waals surface area contributed by atoms with Crippen molar-refractivity contribution in [1.29, 1.82) is 0 Å². The second kappa shape index (κ2) is 16.9. The van der Waals surface area contributed by atoms with Gasteiger partial charge in [0, 0.05) is 46.5 Å². The zero-order valence-electron chi connectivity index (χ0n) is 28.0. The third-order valence-corrected chi connectivity index (χ3v) is 8.86. The first-order valence-corrected chi connectivity index (χ1v) is 16.7. The maximum Gasteiger partial charge on any atom is 0.252 e. The van der Waals surface area contributed by atoms with E-state index in [1.165, 1.54) is 14.2 Å². The van der Waals surface area contributed by atoms with Gasteiger partial charge in [-0.05, 0) is 58.6 Å². The highest BCUT2D eigenvalue weighted by Crippen LogP contribution is 2.44. The molecule has 4 aromatic rings. The Morgan fingerprint density at radius 2 is 1.66 bits per heavy atom. The van der Waals surface area contributed by atoms with Crippen LogP contribution in [0.1, 0.15) is 40.3 Å². The predicted molar refractivity (Wildman–Crippen MR) is 192 cm³/mol. The Hall–Kier alpha value is -5.23. The highest BCUT2D eigenvalue weighted by atomic mass is 79.9. The van der Waals surface area contributed by atoms with Gasteiger partial charge in [0.15, 0.2) is 11.6 Å². The monoisotopic (exact) mass is 743 g/mol. The third-order valence-electron chi connectivity index (χ3n) is 8.33. The fourth-order valence-electron chi connectivity index (χ4n) is 5.78. The molecule has 1 aliphatic heterocycles. The number of aliphatic hydroxyl groups excluding tert-OH is 1. The molecule has 0 radical (unpaired) electrons. The van der Waals surface area contributed by atoms with Crippen molar-refractivity contribution in [3.8, 4) is 23.0 Å². The Bertz CT molecular complexity index is 1840. The number of azide groups is 1. The van der Waals surface area contributed by atoms with E-state index in [9.17, 15) is 4.79 Å². The molecule has 4 aromatic carbocycles. The van der Waals surface area contributed by atoms with Gasteiger partial charge in [0.1, 0.15) is 23.0 Å². The van der Waals surface area contributed by atoms with Crippen LogP contribution in [0, 0.1) is 0 Å². The summed E-state index contributed by atoms with van der Waals surface area (Å²) in [7, 11) is 4.63. The molecule has 0 spiro atoms. The molecular formula is C37H38BrN5O7. The van der Waals surface area contributed by atoms with Crippen LogP contribution < -0.4 is 24.3 Å². The second-order valence-electron chi connectivity index (χ2n) is 11.4. The average Bonchev–Trinajstić information content (AvgIpc) is 3.54. The van der Waals surface area contributed by atoms with E-state index in [1.807, 2.05) is 60.7 Å². The summed E-state index contributed by atoms with van der Waals surface area (Å²) in [4.78, 5) is 23.0. The van der Waals surface area contributed by atoms with Gasteiger partial charge in [-0.15, -0.1) is 0 Å². The molecule has 12 nitrogen and oxygen atoms in total. The van der Waals surface area contributed by atoms with Gasteiger partial charge in [-0.2, -0.15) is 0 Å². The van der Waals surface area contributed by atoms with Crippen LogP contribution in [0.15, 0.2) is 99.5 Å². The van der Waals surface area contributed by atoms with Crippen LogP contribution in [0.5, 0.6) is 23.0 Å². The number of nitrogens with one attached hydrogen (secondary N) is 1. The second-order valence-corrected chi connectivity index (χ2v) is 12.3. The number of hydrogen-bond donors (Lipinski definition) is 2. The summed E-state index contributed by atoms with van der Waals surface area (Å²) in [6.07, 6.45) is -0.211. The van der Waals surface area contributed by atoms with E-state index in [0.29, 0.717) is 47.2 Å². The maximum atomic E-state index is 14.9. The molecule has 1 aliphatic rings. The standard InChI is InChI=1S/C37H38BrN5O7/c1-46-30-19-32(47-2)31(33(20-30)48-3)23-40-36(45)37(21-26-7-4-5-8-27(26)22-41-43-39)34(24-9-13-28(38)14-10-24)50-35(42-37)25-11-15-29(16-12-25)49-18-6-17-44/h4-5,7-16,19-20,34,44H,6,17-18,21-23H2,1-3H3,(H,40,45)/t34-,37-/m1/s1. The van der Waals surface area contributed by atoms with Crippen LogP contribution in [-0.4, -0.2) is 57.0 Å². The number of methoxy groups -OCH3 is 3. The van der Waals surface area contributed by atoms with Gasteiger partial charge in [-0.1, -0.05) is 57.4 Å². The Balaban J connectivity index is 1.62. The molecule has 50 heavy (non-hydrogen) atoms. The number of nitrogens with zero attached hydrogens (tertiary/aromatic N) is 4. The lowest BCUT2D eigenvalue weighted by molar-refractivity contribution is -0.129. The van der Waals surface area contributed by atoms with Crippen LogP contribution >= 0.6 is 15.9 Å². The highest BCUT2D eigenvalue weighted by Gasteiger charge is 2.53. The Morgan fingerprint density at radius 3 is 2.28 bits per heavy atom. The van der Waals surface area contributed by atoms with Crippen molar-refractivity contribution in [3.63, 3.8) is 0 Å². The quantitative estimate of drug-likeness (QED) is 0.0549. The minimum Gasteiger partial charge on any atom is -0.496 e. The van der Waals surface area contributed by atoms with E-state index < -0.39 is 17.6 Å². The molecule has 1 heterocycles. The number of carbonyl (C=O) groups is 1. The Labute approximate surface area is 298 Å². The number of hydrogen-bond acceptors (Lipinski definition) is 9. The molecule has 0 bridgehead atoms. The molecule has 2 atom stereocenters. The van der Waals surface area contributed by atoms with E-state index in [4.69, 9.17) is 39.3 Å². The molecule has 1 amide bonds. The van der Waals surface area contributed by atoms with Gasteiger partial charge in [0.05, 0.1) is 46.6 Å². The van der Waals surface area contributed by atoms with E-state index in [0.717, 1.165) is 21.2 Å². The lowest BCUT2D eigenvalue weighted by Crippen LogP contribution is -2.49. The van der Waals surface area contributed by atoms with Crippen molar-refractivity contribution in [3.05, 3.63) is 128 Å². The van der Waals surface area contributed by atoms with E-state index in [2.05, 4.69) is 31.3 Å². The summed E-state index contributed by atoms with van der Waals surface area (Å²) in [5, 5.41) is 16.0. The maximum absolute atomic E-state index is 14.9. The van der Waals surface area contributed by atoms with Crippen LogP contribution in [0.2, 0.25) is 0 Å². The first-order valence-electron chi connectivity index (χ1n) is 15.9. The van der Waals surface area contributed by atoms with Crippen LogP contribution in [0.4, 0.5) is 0 Å². The van der Waals surface area contributed by atoms with Gasteiger partial charge in [-0.25, -0.2) is 4.99 Å². The molecule has 0 saturated heterocycles. The summed E-state index contributed by atoms with van der Waals surface area (Å²) in [5.41, 5.74) is 11.1. The first-order chi connectivity index (χ1) is 24.3. The number of aliphatic imine (C=N–C) groups is 1. The fourth-order valence-corrected chi connectivity index (χ4v) is 6.04. The smallest absolute Gasteiger partial charge is 0.252 e. The van der Waals surface area contributed by atoms with Crippen molar-refractivity contribution >= 4 is 27.7 Å². The molecule has 0 aromatic heterocycles. The summed E-state index contributed by atoms with van der Waals surface area (Å²) in [5.74, 6) is 2.01. The summed E-state index contributed by atoms with van der Waals surface area (Å²) in [6, 6.07) is 25.8. The normalized spacial score (nSPS) is 16.4. The van der Waals surface area contributed by atoms with Crippen molar-refractivity contribution in [2.24, 2.45) is 10.1 Å². The third kappa shape index (κ3) is 8.14. The molecule has 0 aliphatic carbocycles. The number of halogens is 1. The van der Waals surface area contributed by atoms with E-state index in [-0.39, 0.29) is 32.0 Å². The SMILES string of the molecule is COc1cc(OC)c(CNC(=O)[C@]2(Cc3ccccc3CN=[N+]=[N-])N=C(c3ccc(OCCCO)cc3)O[C@@H]2c2ccc(Br)cc2)c(OC)c1. The molecule has 260 valence electrons. The van der Waals surface area contributed by atoms with E-state index in [1.54, 1.807) is 31.4 Å². The summed E-state index contributed by atoms with van der Waals surface area (Å²) in [6.45, 7) is 0.563. The minimum absolute atomic E-state index is 0.0361. The molecule has 5 rings (SSSR count). The molecule has 0 saturated carbocycles. The average molecular weight is 745 g/mol. The van der Waals surface area contributed by atoms with Crippen molar-refractivity contribution in [2.75, 3.05) is 34.5 Å². The lowest BCUT2D eigenvalue weighted by atomic mass is 9.81. The zero-order chi connectivity index (χ0) is 35.5. The van der Waals surface area contributed by atoms with Crippen molar-refractivity contribution in [1.82, 2.24) is 5.32 Å². The number of amides is 1. The van der Waals surface area contributed by atoms with Gasteiger partial charge >= 0.3 is 0 Å². The van der Waals surface area contributed by atoms with E-state index >= 15 is 0 Å². The summed E-state index contributed by atoms with van der Waals surface area (Å²) >= 11 is 3.52. The zero-order valence-corrected chi connectivity index (χ0v) is 29.6. The Kier molecular flexibility index (Phi) is 12.2. The predicted octanol–water partition coefficient (Wildman–Crippen LogP) is 6.86. The molecule has 0 fully saturated rings. The molecule has 0 unspecified atom stereocenters. The topological polar surface area (TPSA) is 157 Å².